The van der Waals surface area contributed by atoms with Crippen LogP contribution in [0, 0.1) is 5.21 Å². The molecule has 0 spiro atoms. The van der Waals surface area contributed by atoms with E-state index in [2.05, 4.69) is 0 Å². The highest BCUT2D eigenvalue weighted by Crippen LogP contribution is 2.36. The van der Waals surface area contributed by atoms with Gasteiger partial charge in [0.05, 0.1) is 0 Å². The van der Waals surface area contributed by atoms with Crippen molar-refractivity contribution >= 4 is 11.6 Å². The van der Waals surface area contributed by atoms with Crippen molar-refractivity contribution in [3.63, 3.8) is 0 Å². The van der Waals surface area contributed by atoms with Gasteiger partial charge < -0.3 is 10.3 Å². The highest BCUT2D eigenvalue weighted by atomic mass is 16.5. The molecular weight excluding hydrogens is 218 g/mol. The number of carbonyl (C=O) groups is 2. The van der Waals surface area contributed by atoms with Crippen LogP contribution in [0.25, 0.3) is 0 Å². The number of rotatable bonds is 0. The van der Waals surface area contributed by atoms with Gasteiger partial charge in [-0.2, -0.15) is 0 Å². The molecule has 0 radical (unpaired) electrons. The molecule has 0 amide bonds. The molecule has 1 fully saturated rings. The van der Waals surface area contributed by atoms with E-state index in [1.165, 1.54) is 0 Å². The largest absolute Gasteiger partial charge is 0.784 e. The molecule has 0 aromatic carbocycles. The Balaban J connectivity index is 2.04. The summed E-state index contributed by atoms with van der Waals surface area (Å²) in [5, 5.41) is 13.3. The molecule has 0 bridgehead atoms. The maximum atomic E-state index is 12.2. The van der Waals surface area contributed by atoms with Crippen molar-refractivity contribution < 1.29 is 9.59 Å². The molecule has 2 atom stereocenters. The smallest absolute Gasteiger partial charge is 0.226 e. The summed E-state index contributed by atoms with van der Waals surface area (Å²) >= 11 is 0. The van der Waals surface area contributed by atoms with Gasteiger partial charge in [-0.25, -0.2) is 0 Å². The predicted octanol–water partition coefficient (Wildman–Crippen LogP) is 1.51. The Bertz CT molecular complexity index is 450. The molecule has 4 nitrogen and oxygen atoms in total. The van der Waals surface area contributed by atoms with E-state index in [-0.39, 0.29) is 24.3 Å². The first-order valence-corrected chi connectivity index (χ1v) is 6.13. The number of fused-ring (bicyclic) bond motifs is 2. The first-order chi connectivity index (χ1) is 8.18. The number of nitrogens with zero attached hydrogens (tertiary/aromatic N) is 1. The highest BCUT2D eigenvalue weighted by Gasteiger charge is 2.38. The summed E-state index contributed by atoms with van der Waals surface area (Å²) in [6.07, 6.45) is 7.36. The van der Waals surface area contributed by atoms with E-state index < -0.39 is 5.78 Å². The summed E-state index contributed by atoms with van der Waals surface area (Å²) < 4.78 is 0. The lowest BCUT2D eigenvalue weighted by atomic mass is 9.79. The summed E-state index contributed by atoms with van der Waals surface area (Å²) in [5.41, 5.74) is 1.35. The van der Waals surface area contributed by atoms with Gasteiger partial charge in [0.1, 0.15) is 0 Å². The van der Waals surface area contributed by atoms with Crippen LogP contribution in [-0.4, -0.2) is 28.7 Å². The second-order valence-corrected chi connectivity index (χ2v) is 4.92. The topological polar surface area (TPSA) is 60.4 Å². The number of hydrogen-bond donors (Lipinski definition) is 0. The van der Waals surface area contributed by atoms with Gasteiger partial charge in [-0.3, -0.25) is 9.59 Å². The minimum absolute atomic E-state index is 0.0986. The fourth-order valence-corrected chi connectivity index (χ4v) is 2.98. The fourth-order valence-electron chi connectivity index (χ4n) is 2.98. The zero-order valence-corrected chi connectivity index (χ0v) is 9.52. The molecule has 0 saturated heterocycles. The number of hydrogen-bond acceptors (Lipinski definition) is 4. The Hall–Kier alpha value is -1.26. The van der Waals surface area contributed by atoms with E-state index in [4.69, 9.17) is 0 Å². The minimum atomic E-state index is -0.452. The van der Waals surface area contributed by atoms with Crippen molar-refractivity contribution in [1.82, 2.24) is 5.06 Å². The van der Waals surface area contributed by atoms with Crippen LogP contribution in [0.5, 0.6) is 0 Å². The maximum Gasteiger partial charge on any atom is 0.226 e. The van der Waals surface area contributed by atoms with Crippen LogP contribution in [0.3, 0.4) is 0 Å². The van der Waals surface area contributed by atoms with Crippen molar-refractivity contribution in [1.29, 1.82) is 0 Å². The van der Waals surface area contributed by atoms with E-state index in [0.717, 1.165) is 29.9 Å². The zero-order chi connectivity index (χ0) is 12.0. The zero-order valence-electron chi connectivity index (χ0n) is 9.52. The third kappa shape index (κ3) is 1.59. The van der Waals surface area contributed by atoms with Gasteiger partial charge in [-0.05, 0) is 37.3 Å². The first kappa shape index (κ1) is 10.9. The van der Waals surface area contributed by atoms with Crippen molar-refractivity contribution in [2.75, 3.05) is 0 Å². The maximum absolute atomic E-state index is 12.2. The molecule has 0 N–H and O–H groups in total. The lowest BCUT2D eigenvalue weighted by Gasteiger charge is -2.50. The Kier molecular flexibility index (Phi) is 2.49. The molecule has 1 heterocycles. The monoisotopic (exact) mass is 232 g/mol. The van der Waals surface area contributed by atoms with Gasteiger partial charge in [0.25, 0.3) is 0 Å². The molecular formula is C13H14NO3-. The Morgan fingerprint density at radius 3 is 2.88 bits per heavy atom. The molecule has 17 heavy (non-hydrogen) atoms. The SMILES string of the molecule is O=C1CCC2C(=CC3=CCCCC3N2[O-])C1=O. The summed E-state index contributed by atoms with van der Waals surface area (Å²) in [5.74, 6) is -0.803. The quantitative estimate of drug-likeness (QED) is 0.594. The van der Waals surface area contributed by atoms with Gasteiger partial charge in [0, 0.05) is 24.1 Å². The number of ketones is 2. The molecule has 1 aliphatic heterocycles. The normalized spacial score (nSPS) is 33.7. The predicted molar refractivity (Wildman–Crippen MR) is 62.0 cm³/mol. The Morgan fingerprint density at radius 2 is 2.06 bits per heavy atom. The molecule has 1 saturated carbocycles. The van der Waals surface area contributed by atoms with Crippen LogP contribution >= 0.6 is 0 Å². The second kappa shape index (κ2) is 3.89. The lowest BCUT2D eigenvalue weighted by molar-refractivity contribution is -0.136. The second-order valence-electron chi connectivity index (χ2n) is 4.92. The number of Topliss-reactive ketones (excluding diaryl/α,β-unsaturated/α-hetero) is 2. The lowest BCUT2D eigenvalue weighted by Crippen LogP contribution is -2.49. The molecule has 4 heteroatoms. The third-order valence-electron chi connectivity index (χ3n) is 3.90. The van der Waals surface area contributed by atoms with E-state index in [0.29, 0.717) is 12.0 Å². The van der Waals surface area contributed by atoms with Gasteiger partial charge >= 0.3 is 0 Å². The number of hydroxylamine groups is 2. The molecule has 90 valence electrons. The molecule has 3 aliphatic rings. The Morgan fingerprint density at radius 1 is 1.24 bits per heavy atom. The van der Waals surface area contributed by atoms with Gasteiger partial charge in [-0.15, -0.1) is 0 Å². The Labute approximate surface area is 99.6 Å². The first-order valence-electron chi connectivity index (χ1n) is 6.13. The van der Waals surface area contributed by atoms with Crippen molar-refractivity contribution in [3.8, 4) is 0 Å². The van der Waals surface area contributed by atoms with E-state index >= 15 is 0 Å². The summed E-state index contributed by atoms with van der Waals surface area (Å²) in [6, 6.07) is -0.487. The van der Waals surface area contributed by atoms with Crippen LogP contribution in [0.2, 0.25) is 0 Å². The van der Waals surface area contributed by atoms with Gasteiger partial charge in [-0.1, -0.05) is 6.08 Å². The van der Waals surface area contributed by atoms with Crippen LogP contribution in [0.4, 0.5) is 0 Å². The van der Waals surface area contributed by atoms with E-state index in [9.17, 15) is 14.8 Å². The number of carbonyl (C=O) groups excluding carboxylic acids is 2. The molecule has 2 aliphatic carbocycles. The fraction of sp³-hybridized carbons (Fsp3) is 0.538. The molecule has 0 aromatic heterocycles. The summed E-state index contributed by atoms with van der Waals surface area (Å²) in [4.78, 5) is 23.2. The van der Waals surface area contributed by atoms with E-state index in [1.54, 1.807) is 6.08 Å². The van der Waals surface area contributed by atoms with E-state index in [1.807, 2.05) is 6.08 Å². The minimum Gasteiger partial charge on any atom is -0.784 e. The highest BCUT2D eigenvalue weighted by molar-refractivity contribution is 6.44. The summed E-state index contributed by atoms with van der Waals surface area (Å²) in [6.45, 7) is 0. The van der Waals surface area contributed by atoms with Crippen LogP contribution in [-0.2, 0) is 9.59 Å². The third-order valence-corrected chi connectivity index (χ3v) is 3.90. The van der Waals surface area contributed by atoms with Crippen LogP contribution < -0.4 is 0 Å². The van der Waals surface area contributed by atoms with Crippen molar-refractivity contribution in [2.24, 2.45) is 0 Å². The molecule has 3 rings (SSSR count). The standard InChI is InChI=1S/C13H14NO3/c15-12-6-5-11-9(13(12)16)7-8-3-1-2-4-10(8)14(11)17/h3,7,10-11H,1-2,4-6H2/q-1. The molecule has 0 aromatic rings. The van der Waals surface area contributed by atoms with Gasteiger partial charge in [0.15, 0.2) is 0 Å². The number of allylic oxidation sites excluding steroid dienone is 1. The van der Waals surface area contributed by atoms with Crippen molar-refractivity contribution in [3.05, 3.63) is 28.5 Å². The van der Waals surface area contributed by atoms with Gasteiger partial charge in [0.2, 0.25) is 11.6 Å². The molecule has 2 unspecified atom stereocenters. The summed E-state index contributed by atoms with van der Waals surface area (Å²) in [7, 11) is 0. The average molecular weight is 232 g/mol. The van der Waals surface area contributed by atoms with Crippen molar-refractivity contribution in [2.45, 2.75) is 44.2 Å². The average Bonchev–Trinajstić information content (AvgIpc) is 2.35. The van der Waals surface area contributed by atoms with Crippen LogP contribution in [0.1, 0.15) is 32.1 Å². The van der Waals surface area contributed by atoms with Crippen LogP contribution in [0.15, 0.2) is 23.3 Å².